The van der Waals surface area contributed by atoms with Crippen molar-refractivity contribution in [2.45, 2.75) is 77.3 Å². The number of hydrogen-bond donors (Lipinski definition) is 2. The minimum absolute atomic E-state index is 0.0640. The summed E-state index contributed by atoms with van der Waals surface area (Å²) < 4.78 is 1.95. The molecular formula is C28H39ClN6O3. The van der Waals surface area contributed by atoms with Crippen LogP contribution in [0.3, 0.4) is 0 Å². The molecule has 1 saturated carbocycles. The van der Waals surface area contributed by atoms with Gasteiger partial charge in [0, 0.05) is 51.0 Å². The number of hydrogen-bond acceptors (Lipinski definition) is 5. The predicted molar refractivity (Wildman–Crippen MR) is 145 cm³/mol. The largest absolute Gasteiger partial charge is 0.356 e. The maximum absolute atomic E-state index is 13.8. The van der Waals surface area contributed by atoms with Gasteiger partial charge in [-0.3, -0.25) is 19.1 Å². The van der Waals surface area contributed by atoms with Crippen molar-refractivity contribution < 1.29 is 14.4 Å². The molecule has 1 aromatic heterocycles. The van der Waals surface area contributed by atoms with Crippen LogP contribution < -0.4 is 10.6 Å². The van der Waals surface area contributed by atoms with Crippen LogP contribution in [-0.2, 0) is 27.3 Å². The second-order valence-corrected chi connectivity index (χ2v) is 11.2. The van der Waals surface area contributed by atoms with Gasteiger partial charge in [-0.1, -0.05) is 43.0 Å². The summed E-state index contributed by atoms with van der Waals surface area (Å²) >= 11 is 6.05. The summed E-state index contributed by atoms with van der Waals surface area (Å²) in [4.78, 5) is 43.7. The standard InChI is InChI=1S/C28H39ClN6O3/c1-21(36)31-14-11-26(37)33-25(17-22-7-9-24(29)10-8-22)27(38)34-15-12-28(13-16-34,18-35-20-30-19-32-35)23-5-3-2-4-6-23/h7-10,19-20,23,25H,2-6,11-18H2,1H3,(H,31,36)(H,33,37)/t25-/m1/s1. The normalized spacial score (nSPS) is 18.5. The van der Waals surface area contributed by atoms with E-state index in [1.165, 1.54) is 39.0 Å². The Kier molecular flexibility index (Phi) is 9.77. The first-order chi connectivity index (χ1) is 18.3. The van der Waals surface area contributed by atoms with E-state index in [1.807, 2.05) is 21.7 Å². The number of rotatable bonds is 10. The minimum Gasteiger partial charge on any atom is -0.356 e. The van der Waals surface area contributed by atoms with Crippen LogP contribution in [-0.4, -0.2) is 63.1 Å². The van der Waals surface area contributed by atoms with Crippen molar-refractivity contribution in [1.82, 2.24) is 30.3 Å². The number of benzene rings is 1. The molecule has 0 bridgehead atoms. The number of aromatic nitrogens is 3. The highest BCUT2D eigenvalue weighted by Crippen LogP contribution is 2.47. The number of carbonyl (C=O) groups is 3. The summed E-state index contributed by atoms with van der Waals surface area (Å²) in [6, 6.07) is 6.67. The highest BCUT2D eigenvalue weighted by molar-refractivity contribution is 6.30. The summed E-state index contributed by atoms with van der Waals surface area (Å²) in [7, 11) is 0. The molecule has 2 aliphatic rings. The van der Waals surface area contributed by atoms with E-state index in [2.05, 4.69) is 20.7 Å². The van der Waals surface area contributed by atoms with E-state index >= 15 is 0 Å². The molecule has 9 nitrogen and oxygen atoms in total. The SMILES string of the molecule is CC(=O)NCCC(=O)N[C@H](Cc1ccc(Cl)cc1)C(=O)N1CCC(Cn2cncn2)(C2CCCCC2)CC1. The Labute approximate surface area is 229 Å². The molecule has 206 valence electrons. The lowest BCUT2D eigenvalue weighted by molar-refractivity contribution is -0.139. The smallest absolute Gasteiger partial charge is 0.245 e. The highest BCUT2D eigenvalue weighted by Gasteiger charge is 2.43. The number of amides is 3. The van der Waals surface area contributed by atoms with Crippen LogP contribution in [0.4, 0.5) is 0 Å². The average molecular weight is 543 g/mol. The molecule has 4 rings (SSSR count). The van der Waals surface area contributed by atoms with E-state index in [0.29, 0.717) is 30.5 Å². The lowest BCUT2D eigenvalue weighted by Crippen LogP contribution is -2.54. The van der Waals surface area contributed by atoms with Gasteiger partial charge in [-0.15, -0.1) is 0 Å². The van der Waals surface area contributed by atoms with Gasteiger partial charge in [0.1, 0.15) is 18.7 Å². The fourth-order valence-corrected chi connectivity index (χ4v) is 6.24. The molecule has 0 unspecified atom stereocenters. The number of nitrogens with zero attached hydrogens (tertiary/aromatic N) is 4. The molecule has 0 spiro atoms. The maximum atomic E-state index is 13.8. The third kappa shape index (κ3) is 7.56. The second kappa shape index (κ2) is 13.2. The van der Waals surface area contributed by atoms with Gasteiger partial charge in [0.05, 0.1) is 0 Å². The van der Waals surface area contributed by atoms with Gasteiger partial charge in [-0.25, -0.2) is 4.98 Å². The van der Waals surface area contributed by atoms with Gasteiger partial charge in [0.15, 0.2) is 0 Å². The number of piperidine rings is 1. The first-order valence-electron chi connectivity index (χ1n) is 13.7. The van der Waals surface area contributed by atoms with Crippen molar-refractivity contribution in [2.24, 2.45) is 11.3 Å². The summed E-state index contributed by atoms with van der Waals surface area (Å²) in [5.41, 5.74) is 1.02. The third-order valence-electron chi connectivity index (χ3n) is 8.20. The molecule has 1 aliphatic carbocycles. The van der Waals surface area contributed by atoms with Crippen molar-refractivity contribution in [3.63, 3.8) is 0 Å². The van der Waals surface area contributed by atoms with Crippen molar-refractivity contribution in [1.29, 1.82) is 0 Å². The van der Waals surface area contributed by atoms with E-state index in [4.69, 9.17) is 11.6 Å². The predicted octanol–water partition coefficient (Wildman–Crippen LogP) is 3.37. The van der Waals surface area contributed by atoms with E-state index in [0.717, 1.165) is 24.9 Å². The average Bonchev–Trinajstić information content (AvgIpc) is 3.43. The fraction of sp³-hybridized carbons (Fsp3) is 0.607. The molecule has 38 heavy (non-hydrogen) atoms. The quantitative estimate of drug-likeness (QED) is 0.478. The van der Waals surface area contributed by atoms with Crippen LogP contribution in [0.1, 0.15) is 63.9 Å². The summed E-state index contributed by atoms with van der Waals surface area (Å²) in [5.74, 6) is 0.111. The van der Waals surface area contributed by atoms with Crippen LogP contribution in [0.25, 0.3) is 0 Å². The maximum Gasteiger partial charge on any atom is 0.245 e. The van der Waals surface area contributed by atoms with Crippen LogP contribution in [0.2, 0.25) is 5.02 Å². The zero-order valence-electron chi connectivity index (χ0n) is 22.2. The molecule has 1 aromatic carbocycles. The summed E-state index contributed by atoms with van der Waals surface area (Å²) in [5, 5.41) is 10.6. The molecule has 1 saturated heterocycles. The van der Waals surface area contributed by atoms with Crippen LogP contribution >= 0.6 is 11.6 Å². The van der Waals surface area contributed by atoms with E-state index in [1.54, 1.807) is 24.8 Å². The molecule has 3 amide bonds. The molecule has 1 atom stereocenters. The lowest BCUT2D eigenvalue weighted by Gasteiger charge is -2.48. The molecule has 1 aliphatic heterocycles. The lowest BCUT2D eigenvalue weighted by atomic mass is 9.63. The summed E-state index contributed by atoms with van der Waals surface area (Å²) in [6.45, 7) is 3.79. The number of nitrogens with one attached hydrogen (secondary N) is 2. The third-order valence-corrected chi connectivity index (χ3v) is 8.45. The van der Waals surface area contributed by atoms with Crippen LogP contribution in [0.5, 0.6) is 0 Å². The van der Waals surface area contributed by atoms with Gasteiger partial charge in [0.25, 0.3) is 0 Å². The first kappa shape index (κ1) is 28.1. The number of likely N-dealkylation sites (tertiary alicyclic amines) is 1. The molecule has 2 aromatic rings. The van der Waals surface area contributed by atoms with Crippen molar-refractivity contribution in [3.8, 4) is 0 Å². The highest BCUT2D eigenvalue weighted by atomic mass is 35.5. The van der Waals surface area contributed by atoms with E-state index in [9.17, 15) is 14.4 Å². The minimum atomic E-state index is -0.682. The topological polar surface area (TPSA) is 109 Å². The van der Waals surface area contributed by atoms with Crippen molar-refractivity contribution >= 4 is 29.3 Å². The number of halogens is 1. The molecule has 2 N–H and O–H groups in total. The Morgan fingerprint density at radius 2 is 1.82 bits per heavy atom. The Hall–Kier alpha value is -2.94. The second-order valence-electron chi connectivity index (χ2n) is 10.8. The molecular weight excluding hydrogens is 504 g/mol. The number of carbonyl (C=O) groups excluding carboxylic acids is 3. The van der Waals surface area contributed by atoms with Gasteiger partial charge in [0.2, 0.25) is 17.7 Å². The van der Waals surface area contributed by atoms with Crippen LogP contribution in [0, 0.1) is 11.3 Å². The van der Waals surface area contributed by atoms with Gasteiger partial charge in [-0.2, -0.15) is 5.10 Å². The Morgan fingerprint density at radius 3 is 2.45 bits per heavy atom. The van der Waals surface area contributed by atoms with Crippen molar-refractivity contribution in [2.75, 3.05) is 19.6 Å². The molecule has 2 fully saturated rings. The zero-order chi connectivity index (χ0) is 27.0. The monoisotopic (exact) mass is 542 g/mol. The van der Waals surface area contributed by atoms with E-state index in [-0.39, 0.29) is 36.1 Å². The van der Waals surface area contributed by atoms with Gasteiger partial charge >= 0.3 is 0 Å². The first-order valence-corrected chi connectivity index (χ1v) is 14.1. The Bertz CT molecular complexity index is 1060. The van der Waals surface area contributed by atoms with Gasteiger partial charge < -0.3 is 15.5 Å². The fourth-order valence-electron chi connectivity index (χ4n) is 6.12. The van der Waals surface area contributed by atoms with Crippen molar-refractivity contribution in [3.05, 3.63) is 47.5 Å². The molecule has 10 heteroatoms. The van der Waals surface area contributed by atoms with Crippen LogP contribution in [0.15, 0.2) is 36.9 Å². The van der Waals surface area contributed by atoms with E-state index < -0.39 is 6.04 Å². The zero-order valence-corrected chi connectivity index (χ0v) is 23.0. The molecule has 2 heterocycles. The molecule has 0 radical (unpaired) electrons. The Morgan fingerprint density at radius 1 is 1.11 bits per heavy atom. The summed E-state index contributed by atoms with van der Waals surface area (Å²) in [6.07, 6.45) is 12.0. The Balaban J connectivity index is 1.45. The van der Waals surface area contributed by atoms with Gasteiger partial charge in [-0.05, 0) is 54.7 Å².